The number of ether oxygens (including phenoxy) is 1. The van der Waals surface area contributed by atoms with Gasteiger partial charge in [0.1, 0.15) is 5.75 Å². The zero-order valence-corrected chi connectivity index (χ0v) is 12.1. The van der Waals surface area contributed by atoms with Gasteiger partial charge in [0.25, 0.3) is 0 Å². The molecule has 0 bridgehead atoms. The first-order chi connectivity index (χ1) is 9.78. The molecule has 1 unspecified atom stereocenters. The van der Waals surface area contributed by atoms with E-state index in [-0.39, 0.29) is 0 Å². The van der Waals surface area contributed by atoms with Crippen molar-refractivity contribution in [3.05, 3.63) is 29.8 Å². The Kier molecular flexibility index (Phi) is 6.30. The van der Waals surface area contributed by atoms with Gasteiger partial charge in [-0.25, -0.2) is 0 Å². The fraction of sp³-hybridized carbons (Fsp3) is 0.625. The zero-order chi connectivity index (χ0) is 14.2. The largest absolute Gasteiger partial charge is 0.493 e. The third kappa shape index (κ3) is 5.12. The smallest absolute Gasteiger partial charge is 0.119 e. The molecule has 3 N–H and O–H groups in total. The molecule has 2 rings (SSSR count). The summed E-state index contributed by atoms with van der Waals surface area (Å²) in [7, 11) is 0. The van der Waals surface area contributed by atoms with Crippen molar-refractivity contribution in [1.82, 2.24) is 4.90 Å². The van der Waals surface area contributed by atoms with Crippen molar-refractivity contribution in [3.63, 3.8) is 0 Å². The van der Waals surface area contributed by atoms with E-state index in [4.69, 9.17) is 10.5 Å². The molecule has 0 aliphatic carbocycles. The van der Waals surface area contributed by atoms with Crippen LogP contribution in [-0.4, -0.2) is 42.4 Å². The molecule has 1 heterocycles. The molecule has 0 saturated carbocycles. The molecule has 0 amide bonds. The van der Waals surface area contributed by atoms with Crippen LogP contribution in [0, 0.1) is 0 Å². The summed E-state index contributed by atoms with van der Waals surface area (Å²) in [6, 6.07) is 8.25. The lowest BCUT2D eigenvalue weighted by Crippen LogP contribution is -2.29. The minimum atomic E-state index is -0.466. The molecule has 4 nitrogen and oxygen atoms in total. The molecule has 1 aliphatic rings. The highest BCUT2D eigenvalue weighted by Gasteiger charge is 2.10. The normalized spacial score (nSPS) is 17.9. The monoisotopic (exact) mass is 278 g/mol. The number of piperidine rings is 1. The van der Waals surface area contributed by atoms with Crippen molar-refractivity contribution < 1.29 is 9.84 Å². The number of benzene rings is 1. The van der Waals surface area contributed by atoms with Crippen molar-refractivity contribution >= 4 is 0 Å². The first kappa shape index (κ1) is 15.3. The van der Waals surface area contributed by atoms with E-state index >= 15 is 0 Å². The summed E-state index contributed by atoms with van der Waals surface area (Å²) in [5, 5.41) is 9.40. The van der Waals surface area contributed by atoms with Crippen molar-refractivity contribution in [2.75, 3.05) is 26.2 Å². The molecule has 1 fully saturated rings. The van der Waals surface area contributed by atoms with Crippen LogP contribution < -0.4 is 10.5 Å². The van der Waals surface area contributed by atoms with E-state index in [2.05, 4.69) is 17.0 Å². The van der Waals surface area contributed by atoms with E-state index in [1.54, 1.807) is 0 Å². The lowest BCUT2D eigenvalue weighted by atomic mass is 10.1. The highest BCUT2D eigenvalue weighted by atomic mass is 16.5. The van der Waals surface area contributed by atoms with Crippen LogP contribution >= 0.6 is 0 Å². The first-order valence-electron chi connectivity index (χ1n) is 7.60. The second-order valence-corrected chi connectivity index (χ2v) is 5.51. The SMILES string of the molecule is NCC(O)CCOc1cccc(CN2CCCCC2)c1. The van der Waals surface area contributed by atoms with E-state index in [9.17, 15) is 5.11 Å². The van der Waals surface area contributed by atoms with Crippen LogP contribution in [0.5, 0.6) is 5.75 Å². The van der Waals surface area contributed by atoms with Gasteiger partial charge in [-0.2, -0.15) is 0 Å². The number of hydrogen-bond donors (Lipinski definition) is 2. The van der Waals surface area contributed by atoms with Crippen LogP contribution in [-0.2, 0) is 6.54 Å². The molecule has 1 atom stereocenters. The molecular formula is C16H26N2O2. The summed E-state index contributed by atoms with van der Waals surface area (Å²) in [5.41, 5.74) is 6.66. The van der Waals surface area contributed by atoms with Crippen molar-refractivity contribution in [3.8, 4) is 5.75 Å². The molecule has 1 aromatic rings. The van der Waals surface area contributed by atoms with Gasteiger partial charge < -0.3 is 15.6 Å². The summed E-state index contributed by atoms with van der Waals surface area (Å²) in [6.07, 6.45) is 4.10. The Morgan fingerprint density at radius 2 is 2.05 bits per heavy atom. The maximum Gasteiger partial charge on any atom is 0.119 e. The molecule has 4 heteroatoms. The average Bonchev–Trinajstić information content (AvgIpc) is 2.48. The van der Waals surface area contributed by atoms with Gasteiger partial charge in [0.15, 0.2) is 0 Å². The van der Waals surface area contributed by atoms with E-state index in [1.165, 1.54) is 37.9 Å². The van der Waals surface area contributed by atoms with Crippen LogP contribution in [0.25, 0.3) is 0 Å². The standard InChI is InChI=1S/C16H26N2O2/c17-12-15(19)7-10-20-16-6-4-5-14(11-16)13-18-8-2-1-3-9-18/h4-6,11,15,19H,1-3,7-10,12-13,17H2. The minimum Gasteiger partial charge on any atom is -0.493 e. The molecule has 20 heavy (non-hydrogen) atoms. The Morgan fingerprint density at radius 3 is 2.80 bits per heavy atom. The second-order valence-electron chi connectivity index (χ2n) is 5.51. The van der Waals surface area contributed by atoms with E-state index in [0.717, 1.165) is 12.3 Å². The fourth-order valence-electron chi connectivity index (χ4n) is 2.54. The summed E-state index contributed by atoms with van der Waals surface area (Å²) >= 11 is 0. The number of nitrogens with zero attached hydrogens (tertiary/aromatic N) is 1. The molecule has 112 valence electrons. The maximum atomic E-state index is 9.40. The molecular weight excluding hydrogens is 252 g/mol. The highest BCUT2D eigenvalue weighted by molar-refractivity contribution is 5.28. The molecule has 1 aromatic carbocycles. The Balaban J connectivity index is 1.80. The predicted molar refractivity (Wildman–Crippen MR) is 80.7 cm³/mol. The number of rotatable bonds is 7. The van der Waals surface area contributed by atoms with Gasteiger partial charge in [0.2, 0.25) is 0 Å². The van der Waals surface area contributed by atoms with Gasteiger partial charge in [-0.1, -0.05) is 18.6 Å². The quantitative estimate of drug-likeness (QED) is 0.798. The van der Waals surface area contributed by atoms with Gasteiger partial charge in [-0.05, 0) is 43.6 Å². The van der Waals surface area contributed by atoms with Gasteiger partial charge in [-0.3, -0.25) is 4.90 Å². The summed E-state index contributed by atoms with van der Waals surface area (Å²) in [5.74, 6) is 0.878. The van der Waals surface area contributed by atoms with Crippen LogP contribution in [0.15, 0.2) is 24.3 Å². The van der Waals surface area contributed by atoms with Crippen LogP contribution in [0.2, 0.25) is 0 Å². The second kappa shape index (κ2) is 8.25. The number of hydrogen-bond acceptors (Lipinski definition) is 4. The lowest BCUT2D eigenvalue weighted by Gasteiger charge is -2.26. The van der Waals surface area contributed by atoms with Gasteiger partial charge >= 0.3 is 0 Å². The van der Waals surface area contributed by atoms with E-state index in [1.807, 2.05) is 12.1 Å². The van der Waals surface area contributed by atoms with Gasteiger partial charge in [-0.15, -0.1) is 0 Å². The Bertz CT molecular complexity index is 392. The van der Waals surface area contributed by atoms with Crippen LogP contribution in [0.1, 0.15) is 31.2 Å². The number of aliphatic hydroxyl groups excluding tert-OH is 1. The predicted octanol–water partition coefficient (Wildman–Crippen LogP) is 1.76. The Morgan fingerprint density at radius 1 is 1.25 bits per heavy atom. The topological polar surface area (TPSA) is 58.7 Å². The Hall–Kier alpha value is -1.10. The summed E-state index contributed by atoms with van der Waals surface area (Å²) < 4.78 is 5.67. The summed E-state index contributed by atoms with van der Waals surface area (Å²) in [4.78, 5) is 2.50. The Labute approximate surface area is 121 Å². The molecule has 0 aromatic heterocycles. The first-order valence-corrected chi connectivity index (χ1v) is 7.60. The van der Waals surface area contributed by atoms with Crippen LogP contribution in [0.3, 0.4) is 0 Å². The van der Waals surface area contributed by atoms with E-state index < -0.39 is 6.10 Å². The van der Waals surface area contributed by atoms with E-state index in [0.29, 0.717) is 19.6 Å². The third-order valence-corrected chi connectivity index (χ3v) is 3.75. The highest BCUT2D eigenvalue weighted by Crippen LogP contribution is 2.17. The average molecular weight is 278 g/mol. The minimum absolute atomic E-state index is 0.290. The maximum absolute atomic E-state index is 9.40. The number of nitrogens with two attached hydrogens (primary N) is 1. The van der Waals surface area contributed by atoms with Crippen molar-refractivity contribution in [2.24, 2.45) is 5.73 Å². The molecule has 1 aliphatic heterocycles. The third-order valence-electron chi connectivity index (χ3n) is 3.75. The van der Waals surface area contributed by atoms with Gasteiger partial charge in [0, 0.05) is 19.5 Å². The lowest BCUT2D eigenvalue weighted by molar-refractivity contribution is 0.146. The molecule has 0 spiro atoms. The number of aliphatic hydroxyl groups is 1. The molecule has 1 saturated heterocycles. The van der Waals surface area contributed by atoms with Crippen molar-refractivity contribution in [2.45, 2.75) is 38.3 Å². The summed E-state index contributed by atoms with van der Waals surface area (Å²) in [6.45, 7) is 4.20. The van der Waals surface area contributed by atoms with Gasteiger partial charge in [0.05, 0.1) is 12.7 Å². The van der Waals surface area contributed by atoms with Crippen LogP contribution in [0.4, 0.5) is 0 Å². The molecule has 0 radical (unpaired) electrons. The number of likely N-dealkylation sites (tertiary alicyclic amines) is 1. The zero-order valence-electron chi connectivity index (χ0n) is 12.1. The fourth-order valence-corrected chi connectivity index (χ4v) is 2.54. The van der Waals surface area contributed by atoms with Crippen molar-refractivity contribution in [1.29, 1.82) is 0 Å².